The highest BCUT2D eigenvalue weighted by Gasteiger charge is 2.36. The Morgan fingerprint density at radius 3 is 2.95 bits per heavy atom. The van der Waals surface area contributed by atoms with E-state index in [1.807, 2.05) is 19.9 Å². The lowest BCUT2D eigenvalue weighted by Crippen LogP contribution is -2.36. The SMILES string of the molecule is CC.O=C1OC(Cn2ccnn2)CN1C1C=CC=C(F)C1. The molecule has 2 heterocycles. The van der Waals surface area contributed by atoms with E-state index in [2.05, 4.69) is 10.3 Å². The average Bonchev–Trinajstić information content (AvgIpc) is 3.11. The van der Waals surface area contributed by atoms with E-state index in [4.69, 9.17) is 4.74 Å². The zero-order chi connectivity index (χ0) is 15.2. The van der Waals surface area contributed by atoms with Gasteiger partial charge in [0.2, 0.25) is 0 Å². The van der Waals surface area contributed by atoms with E-state index in [-0.39, 0.29) is 24.4 Å². The number of halogens is 1. The summed E-state index contributed by atoms with van der Waals surface area (Å²) >= 11 is 0. The van der Waals surface area contributed by atoms with Crippen molar-refractivity contribution in [1.29, 1.82) is 0 Å². The number of hydrogen-bond donors (Lipinski definition) is 0. The molecule has 0 saturated carbocycles. The summed E-state index contributed by atoms with van der Waals surface area (Å²) in [4.78, 5) is 13.3. The quantitative estimate of drug-likeness (QED) is 0.858. The molecule has 1 aromatic heterocycles. The van der Waals surface area contributed by atoms with Gasteiger partial charge in [-0.2, -0.15) is 0 Å². The van der Waals surface area contributed by atoms with Crippen molar-refractivity contribution in [3.63, 3.8) is 0 Å². The fourth-order valence-corrected chi connectivity index (χ4v) is 2.28. The van der Waals surface area contributed by atoms with Gasteiger partial charge in [-0.15, -0.1) is 5.10 Å². The summed E-state index contributed by atoms with van der Waals surface area (Å²) in [5, 5.41) is 7.52. The third kappa shape index (κ3) is 3.68. The molecule has 1 aliphatic carbocycles. The van der Waals surface area contributed by atoms with Crippen molar-refractivity contribution in [3.05, 3.63) is 36.4 Å². The number of cyclic esters (lactones) is 1. The molecule has 0 radical (unpaired) electrons. The number of carbonyl (C=O) groups is 1. The minimum atomic E-state index is -0.408. The third-order valence-electron chi connectivity index (χ3n) is 3.18. The Balaban J connectivity index is 0.000000774. The molecule has 114 valence electrons. The second kappa shape index (κ2) is 7.01. The van der Waals surface area contributed by atoms with Gasteiger partial charge in [-0.25, -0.2) is 13.9 Å². The molecule has 21 heavy (non-hydrogen) atoms. The summed E-state index contributed by atoms with van der Waals surface area (Å²) in [5.41, 5.74) is 0. The van der Waals surface area contributed by atoms with Gasteiger partial charge in [0.1, 0.15) is 11.9 Å². The zero-order valence-corrected chi connectivity index (χ0v) is 12.1. The lowest BCUT2D eigenvalue weighted by atomic mass is 10.1. The molecular weight excluding hydrogens is 275 g/mol. The summed E-state index contributed by atoms with van der Waals surface area (Å²) in [6.45, 7) is 4.89. The van der Waals surface area contributed by atoms with Gasteiger partial charge in [0.15, 0.2) is 0 Å². The molecule has 1 saturated heterocycles. The Bertz CT molecular complexity index is 527. The van der Waals surface area contributed by atoms with Crippen LogP contribution in [0.4, 0.5) is 9.18 Å². The van der Waals surface area contributed by atoms with Gasteiger partial charge < -0.3 is 4.74 Å². The molecule has 1 amide bonds. The first kappa shape index (κ1) is 15.2. The Kier molecular flexibility index (Phi) is 5.08. The highest BCUT2D eigenvalue weighted by atomic mass is 19.1. The zero-order valence-electron chi connectivity index (χ0n) is 12.1. The van der Waals surface area contributed by atoms with Crippen LogP contribution in [0, 0.1) is 0 Å². The van der Waals surface area contributed by atoms with Gasteiger partial charge in [-0.1, -0.05) is 31.2 Å². The normalized spacial score (nSPS) is 24.2. The third-order valence-corrected chi connectivity index (χ3v) is 3.18. The molecule has 0 aromatic carbocycles. The largest absolute Gasteiger partial charge is 0.442 e. The van der Waals surface area contributed by atoms with Gasteiger partial charge in [-0.3, -0.25) is 4.90 Å². The molecule has 1 aliphatic heterocycles. The van der Waals surface area contributed by atoms with E-state index >= 15 is 0 Å². The van der Waals surface area contributed by atoms with E-state index < -0.39 is 6.09 Å². The molecule has 2 atom stereocenters. The smallest absolute Gasteiger partial charge is 0.410 e. The molecule has 2 unspecified atom stereocenters. The minimum Gasteiger partial charge on any atom is -0.442 e. The molecule has 1 fully saturated rings. The highest BCUT2D eigenvalue weighted by molar-refractivity contribution is 5.70. The molecule has 0 spiro atoms. The highest BCUT2D eigenvalue weighted by Crippen LogP contribution is 2.23. The van der Waals surface area contributed by atoms with E-state index in [9.17, 15) is 9.18 Å². The van der Waals surface area contributed by atoms with Crippen LogP contribution in [0.1, 0.15) is 20.3 Å². The molecule has 0 N–H and O–H groups in total. The monoisotopic (exact) mass is 294 g/mol. The molecule has 6 nitrogen and oxygen atoms in total. The van der Waals surface area contributed by atoms with E-state index in [0.29, 0.717) is 13.1 Å². The van der Waals surface area contributed by atoms with E-state index in [0.717, 1.165) is 0 Å². The van der Waals surface area contributed by atoms with Crippen LogP contribution in [-0.4, -0.2) is 44.7 Å². The van der Waals surface area contributed by atoms with Crippen molar-refractivity contribution in [1.82, 2.24) is 19.9 Å². The van der Waals surface area contributed by atoms with Gasteiger partial charge >= 0.3 is 6.09 Å². The molecule has 3 rings (SSSR count). The maximum atomic E-state index is 13.2. The Labute approximate surface area is 122 Å². The van der Waals surface area contributed by atoms with E-state index in [1.165, 1.54) is 6.08 Å². The number of amides is 1. The van der Waals surface area contributed by atoms with Gasteiger partial charge in [-0.05, 0) is 6.08 Å². The van der Waals surface area contributed by atoms with Crippen LogP contribution in [0.25, 0.3) is 0 Å². The number of hydrogen-bond acceptors (Lipinski definition) is 4. The van der Waals surface area contributed by atoms with E-state index in [1.54, 1.807) is 28.1 Å². The first-order chi connectivity index (χ1) is 10.2. The number of rotatable bonds is 3. The van der Waals surface area contributed by atoms with Gasteiger partial charge in [0.25, 0.3) is 0 Å². The van der Waals surface area contributed by atoms with Gasteiger partial charge in [0.05, 0.1) is 25.3 Å². The number of ether oxygens (including phenoxy) is 1. The molecule has 2 aliphatic rings. The fourth-order valence-electron chi connectivity index (χ4n) is 2.28. The number of allylic oxidation sites excluding steroid dienone is 2. The first-order valence-electron chi connectivity index (χ1n) is 7.06. The summed E-state index contributed by atoms with van der Waals surface area (Å²) in [5.74, 6) is -0.222. The number of aromatic nitrogens is 3. The lowest BCUT2D eigenvalue weighted by molar-refractivity contribution is 0.121. The Morgan fingerprint density at radius 2 is 2.29 bits per heavy atom. The predicted molar refractivity (Wildman–Crippen MR) is 75.1 cm³/mol. The van der Waals surface area contributed by atoms with Crippen LogP contribution < -0.4 is 0 Å². The number of nitrogens with zero attached hydrogens (tertiary/aromatic N) is 4. The lowest BCUT2D eigenvalue weighted by Gasteiger charge is -2.23. The Morgan fingerprint density at radius 1 is 1.48 bits per heavy atom. The van der Waals surface area contributed by atoms with Crippen LogP contribution in [0.2, 0.25) is 0 Å². The maximum Gasteiger partial charge on any atom is 0.410 e. The molecule has 7 heteroatoms. The second-order valence-electron chi connectivity index (χ2n) is 4.55. The first-order valence-corrected chi connectivity index (χ1v) is 7.06. The Hall–Kier alpha value is -2.18. The summed E-state index contributed by atoms with van der Waals surface area (Å²) in [6.07, 6.45) is 7.64. The van der Waals surface area contributed by atoms with Crippen molar-refractivity contribution in [3.8, 4) is 0 Å². The summed E-state index contributed by atoms with van der Waals surface area (Å²) in [6, 6.07) is -0.266. The predicted octanol–water partition coefficient (Wildman–Crippen LogP) is 2.31. The number of carbonyl (C=O) groups excluding carboxylic acids is 1. The molecular formula is C14H19FN4O2. The molecule has 1 aromatic rings. The van der Waals surface area contributed by atoms with Crippen molar-refractivity contribution < 1.29 is 13.9 Å². The van der Waals surface area contributed by atoms with Crippen LogP contribution in [0.15, 0.2) is 36.4 Å². The summed E-state index contributed by atoms with van der Waals surface area (Å²) < 4.78 is 20.1. The van der Waals surface area contributed by atoms with Crippen LogP contribution in [-0.2, 0) is 11.3 Å². The average molecular weight is 294 g/mol. The van der Waals surface area contributed by atoms with Crippen LogP contribution in [0.5, 0.6) is 0 Å². The van der Waals surface area contributed by atoms with Crippen molar-refractivity contribution in [2.24, 2.45) is 0 Å². The van der Waals surface area contributed by atoms with Gasteiger partial charge in [0, 0.05) is 12.6 Å². The van der Waals surface area contributed by atoms with Crippen molar-refractivity contribution >= 4 is 6.09 Å². The molecule has 0 bridgehead atoms. The minimum absolute atomic E-state index is 0.210. The summed E-state index contributed by atoms with van der Waals surface area (Å²) in [7, 11) is 0. The topological polar surface area (TPSA) is 60.3 Å². The van der Waals surface area contributed by atoms with Crippen LogP contribution >= 0.6 is 0 Å². The van der Waals surface area contributed by atoms with Crippen molar-refractivity contribution in [2.75, 3.05) is 6.54 Å². The van der Waals surface area contributed by atoms with Crippen molar-refractivity contribution in [2.45, 2.75) is 39.0 Å². The fraction of sp³-hybridized carbons (Fsp3) is 0.500. The standard InChI is InChI=1S/C12H13FN4O2.C2H6/c13-9-2-1-3-10(6-9)17-8-11(19-12(17)18)7-16-5-4-14-15-16;1-2/h1-5,10-11H,6-8H2;1-2H3. The van der Waals surface area contributed by atoms with Crippen LogP contribution in [0.3, 0.4) is 0 Å². The second-order valence-corrected chi connectivity index (χ2v) is 4.55. The maximum absolute atomic E-state index is 13.2.